The van der Waals surface area contributed by atoms with Crippen LogP contribution in [0.2, 0.25) is 0 Å². The van der Waals surface area contributed by atoms with Gasteiger partial charge >= 0.3 is 5.97 Å². The van der Waals surface area contributed by atoms with Gasteiger partial charge in [0.25, 0.3) is 0 Å². The fourth-order valence-electron chi connectivity index (χ4n) is 0.363. The Morgan fingerprint density at radius 3 is 2.40 bits per heavy atom. The van der Waals surface area contributed by atoms with Crippen molar-refractivity contribution in [3.63, 3.8) is 0 Å². The van der Waals surface area contributed by atoms with Gasteiger partial charge in [0.2, 0.25) is 0 Å². The first-order valence-corrected chi connectivity index (χ1v) is 2.97. The van der Waals surface area contributed by atoms with Gasteiger partial charge in [-0.3, -0.25) is 4.79 Å². The molecule has 0 aromatic carbocycles. The van der Waals surface area contributed by atoms with Gasteiger partial charge in [-0.1, -0.05) is 0 Å². The number of ether oxygens (including phenoxy) is 1. The summed E-state index contributed by atoms with van der Waals surface area (Å²) in [5.41, 5.74) is 0. The fraction of sp³-hybridized carbons (Fsp3) is 0.667. The Bertz CT molecular complexity index is 141. The molecule has 0 aliphatic carbocycles. The van der Waals surface area contributed by atoms with Gasteiger partial charge in [0, 0.05) is 0 Å². The molecular formula is C6H9O4-. The van der Waals surface area contributed by atoms with E-state index >= 15 is 0 Å². The van der Waals surface area contributed by atoms with Crippen molar-refractivity contribution in [2.24, 2.45) is 5.92 Å². The first-order valence-electron chi connectivity index (χ1n) is 2.97. The largest absolute Gasteiger partial charge is 0.549 e. The predicted molar refractivity (Wildman–Crippen MR) is 30.8 cm³/mol. The number of hydrogen-bond acceptors (Lipinski definition) is 4. The Hall–Kier alpha value is -1.06. The summed E-state index contributed by atoms with van der Waals surface area (Å²) in [4.78, 5) is 20.5. The van der Waals surface area contributed by atoms with E-state index in [2.05, 4.69) is 4.74 Å². The van der Waals surface area contributed by atoms with E-state index in [9.17, 15) is 14.7 Å². The molecule has 0 saturated heterocycles. The summed E-state index contributed by atoms with van der Waals surface area (Å²) < 4.78 is 4.41. The molecule has 0 heterocycles. The highest BCUT2D eigenvalue weighted by atomic mass is 16.5. The normalized spacial score (nSPS) is 12.2. The average Bonchev–Trinajstić information content (AvgIpc) is 1.87. The van der Waals surface area contributed by atoms with Crippen LogP contribution in [-0.2, 0) is 14.3 Å². The number of carboxylic acid groups (broad SMARTS) is 1. The zero-order valence-electron chi connectivity index (χ0n) is 5.92. The molecule has 0 fully saturated rings. The van der Waals surface area contributed by atoms with Crippen LogP contribution < -0.4 is 5.11 Å². The van der Waals surface area contributed by atoms with Crippen LogP contribution in [0.15, 0.2) is 0 Å². The Kier molecular flexibility index (Phi) is 3.46. The third kappa shape index (κ3) is 2.48. The lowest BCUT2D eigenvalue weighted by Gasteiger charge is -2.09. The van der Waals surface area contributed by atoms with Crippen LogP contribution in [0, 0.1) is 5.92 Å². The monoisotopic (exact) mass is 145 g/mol. The maximum Gasteiger partial charge on any atom is 0.314 e. The van der Waals surface area contributed by atoms with Crippen LogP contribution in [0.1, 0.15) is 13.8 Å². The minimum absolute atomic E-state index is 0.191. The molecule has 0 aliphatic heterocycles. The van der Waals surface area contributed by atoms with E-state index in [4.69, 9.17) is 0 Å². The zero-order chi connectivity index (χ0) is 8.15. The number of esters is 1. The van der Waals surface area contributed by atoms with E-state index in [1.54, 1.807) is 6.92 Å². The second-order valence-corrected chi connectivity index (χ2v) is 1.79. The van der Waals surface area contributed by atoms with Crippen LogP contribution in [-0.4, -0.2) is 18.5 Å². The summed E-state index contributed by atoms with van der Waals surface area (Å²) >= 11 is 0. The van der Waals surface area contributed by atoms with Crippen LogP contribution in [0.3, 0.4) is 0 Å². The molecule has 0 bridgehead atoms. The molecule has 0 spiro atoms. The first-order chi connectivity index (χ1) is 4.59. The lowest BCUT2D eigenvalue weighted by atomic mass is 10.2. The van der Waals surface area contributed by atoms with E-state index < -0.39 is 17.9 Å². The van der Waals surface area contributed by atoms with E-state index in [-0.39, 0.29) is 6.61 Å². The van der Waals surface area contributed by atoms with E-state index in [1.165, 1.54) is 6.92 Å². The van der Waals surface area contributed by atoms with Crippen molar-refractivity contribution in [3.05, 3.63) is 0 Å². The Labute approximate surface area is 58.8 Å². The molecule has 0 saturated carbocycles. The summed E-state index contributed by atoms with van der Waals surface area (Å²) in [7, 11) is 0. The Morgan fingerprint density at radius 2 is 2.10 bits per heavy atom. The lowest BCUT2D eigenvalue weighted by Crippen LogP contribution is -2.35. The lowest BCUT2D eigenvalue weighted by molar-refractivity contribution is -0.310. The highest BCUT2D eigenvalue weighted by Gasteiger charge is 2.13. The Morgan fingerprint density at radius 1 is 1.60 bits per heavy atom. The molecular weight excluding hydrogens is 136 g/mol. The van der Waals surface area contributed by atoms with Gasteiger partial charge in [-0.25, -0.2) is 0 Å². The average molecular weight is 145 g/mol. The SMILES string of the molecule is CCOC(=O)C(C)C(=O)[O-]. The second-order valence-electron chi connectivity index (χ2n) is 1.79. The number of rotatable bonds is 3. The van der Waals surface area contributed by atoms with Crippen LogP contribution in [0.5, 0.6) is 0 Å². The number of hydrogen-bond donors (Lipinski definition) is 0. The second kappa shape index (κ2) is 3.87. The quantitative estimate of drug-likeness (QED) is 0.375. The van der Waals surface area contributed by atoms with Gasteiger partial charge in [-0.2, -0.15) is 0 Å². The highest BCUT2D eigenvalue weighted by molar-refractivity contribution is 5.92. The summed E-state index contributed by atoms with van der Waals surface area (Å²) in [6, 6.07) is 0. The topological polar surface area (TPSA) is 66.4 Å². The molecule has 4 nitrogen and oxygen atoms in total. The molecule has 58 valence electrons. The van der Waals surface area contributed by atoms with Gasteiger partial charge < -0.3 is 14.6 Å². The minimum Gasteiger partial charge on any atom is -0.549 e. The third-order valence-corrected chi connectivity index (χ3v) is 0.994. The maximum absolute atomic E-state index is 10.5. The minimum atomic E-state index is -1.40. The van der Waals surface area contributed by atoms with Crippen molar-refractivity contribution < 1.29 is 19.4 Å². The van der Waals surface area contributed by atoms with Gasteiger partial charge in [-0.15, -0.1) is 0 Å². The third-order valence-electron chi connectivity index (χ3n) is 0.994. The summed E-state index contributed by atoms with van der Waals surface area (Å²) in [5.74, 6) is -3.32. The van der Waals surface area contributed by atoms with Gasteiger partial charge in [0.15, 0.2) is 0 Å². The summed E-state index contributed by atoms with van der Waals surface area (Å²) in [6.45, 7) is 3.03. The fourth-order valence-corrected chi connectivity index (χ4v) is 0.363. The molecule has 0 radical (unpaired) electrons. The molecule has 0 aromatic rings. The molecule has 10 heavy (non-hydrogen) atoms. The van der Waals surface area contributed by atoms with Crippen LogP contribution in [0.4, 0.5) is 0 Å². The van der Waals surface area contributed by atoms with Crippen LogP contribution >= 0.6 is 0 Å². The number of carboxylic acids is 1. The van der Waals surface area contributed by atoms with Gasteiger partial charge in [0.05, 0.1) is 18.5 Å². The van der Waals surface area contributed by atoms with Crippen molar-refractivity contribution in [1.82, 2.24) is 0 Å². The van der Waals surface area contributed by atoms with Crippen LogP contribution in [0.25, 0.3) is 0 Å². The van der Waals surface area contributed by atoms with Crippen molar-refractivity contribution in [2.45, 2.75) is 13.8 Å². The molecule has 0 aromatic heterocycles. The van der Waals surface area contributed by atoms with E-state index in [1.807, 2.05) is 0 Å². The Balaban J connectivity index is 3.82. The smallest absolute Gasteiger partial charge is 0.314 e. The number of carbonyl (C=O) groups is 2. The van der Waals surface area contributed by atoms with Gasteiger partial charge in [-0.05, 0) is 13.8 Å². The predicted octanol–water partition coefficient (Wildman–Crippen LogP) is -1.06. The molecule has 0 aliphatic rings. The van der Waals surface area contributed by atoms with Crippen molar-refractivity contribution in [3.8, 4) is 0 Å². The first kappa shape index (κ1) is 8.94. The van der Waals surface area contributed by atoms with Crippen molar-refractivity contribution >= 4 is 11.9 Å². The van der Waals surface area contributed by atoms with E-state index in [0.717, 1.165) is 0 Å². The molecule has 0 amide bonds. The maximum atomic E-state index is 10.5. The van der Waals surface area contributed by atoms with Crippen molar-refractivity contribution in [2.75, 3.05) is 6.61 Å². The van der Waals surface area contributed by atoms with Crippen molar-refractivity contribution in [1.29, 1.82) is 0 Å². The molecule has 0 rings (SSSR count). The molecule has 0 N–H and O–H groups in total. The molecule has 1 unspecified atom stereocenters. The number of carbonyl (C=O) groups excluding carboxylic acids is 2. The summed E-state index contributed by atoms with van der Waals surface area (Å²) in [6.07, 6.45) is 0. The highest BCUT2D eigenvalue weighted by Crippen LogP contribution is 1.95. The molecule has 1 atom stereocenters. The zero-order valence-corrected chi connectivity index (χ0v) is 5.92. The summed E-state index contributed by atoms with van der Waals surface area (Å²) in [5, 5.41) is 10.0. The van der Waals surface area contributed by atoms with Gasteiger partial charge in [0.1, 0.15) is 0 Å². The number of aliphatic carboxylic acids is 1. The van der Waals surface area contributed by atoms with E-state index in [0.29, 0.717) is 0 Å². The standard InChI is InChI=1S/C6H10O4/c1-3-10-6(9)4(2)5(7)8/h4H,3H2,1-2H3,(H,7,8)/p-1. The molecule has 4 heteroatoms.